The zero-order valence-electron chi connectivity index (χ0n) is 9.16. The lowest BCUT2D eigenvalue weighted by Gasteiger charge is -2.28. The van der Waals surface area contributed by atoms with E-state index < -0.39 is 11.4 Å². The number of aliphatic carboxylic acids is 1. The Kier molecular flexibility index (Phi) is 3.48. The minimum atomic E-state index is -0.814. The molecule has 0 aliphatic heterocycles. The molecule has 1 aromatic carbocycles. The van der Waals surface area contributed by atoms with Crippen LogP contribution in [0.5, 0.6) is 0 Å². The summed E-state index contributed by atoms with van der Waals surface area (Å²) in [6.07, 6.45) is 0.0638. The van der Waals surface area contributed by atoms with Gasteiger partial charge in [0.1, 0.15) is 0 Å². The van der Waals surface area contributed by atoms with Crippen LogP contribution in [-0.2, 0) is 10.2 Å². The lowest BCUT2D eigenvalue weighted by atomic mass is 9.77. The van der Waals surface area contributed by atoms with Crippen LogP contribution in [-0.4, -0.2) is 17.6 Å². The number of benzene rings is 1. The van der Waals surface area contributed by atoms with Gasteiger partial charge in [-0.3, -0.25) is 4.79 Å². The van der Waals surface area contributed by atoms with Crippen LogP contribution in [0.3, 0.4) is 0 Å². The Morgan fingerprint density at radius 1 is 1.47 bits per heavy atom. The molecule has 82 valence electrons. The largest absolute Gasteiger partial charge is 0.481 e. The first-order valence-corrected chi connectivity index (χ1v) is 4.97. The van der Waals surface area contributed by atoms with Crippen molar-refractivity contribution in [2.75, 3.05) is 6.54 Å². The Balaban J connectivity index is 3.11. The average Bonchev–Trinajstić information content (AvgIpc) is 2.17. The molecule has 15 heavy (non-hydrogen) atoms. The summed E-state index contributed by atoms with van der Waals surface area (Å²) in [5.41, 5.74) is 7.33. The molecule has 0 spiro atoms. The number of aryl methyl sites for hydroxylation is 1. The van der Waals surface area contributed by atoms with Crippen LogP contribution in [0.2, 0.25) is 0 Å². The van der Waals surface area contributed by atoms with Crippen molar-refractivity contribution in [1.82, 2.24) is 0 Å². The summed E-state index contributed by atoms with van der Waals surface area (Å²) in [5, 5.41) is 8.88. The number of carbonyl (C=O) groups is 1. The number of hydrogen-bond acceptors (Lipinski definition) is 2. The lowest BCUT2D eigenvalue weighted by molar-refractivity contribution is -0.138. The number of nitrogens with two attached hydrogens (primary N) is 1. The van der Waals surface area contributed by atoms with Crippen LogP contribution in [0, 0.1) is 6.92 Å². The van der Waals surface area contributed by atoms with Crippen molar-refractivity contribution in [2.24, 2.45) is 5.73 Å². The fourth-order valence-corrected chi connectivity index (χ4v) is 1.86. The van der Waals surface area contributed by atoms with E-state index in [2.05, 4.69) is 0 Å². The highest BCUT2D eigenvalue weighted by atomic mass is 16.4. The zero-order valence-corrected chi connectivity index (χ0v) is 9.16. The van der Waals surface area contributed by atoms with Gasteiger partial charge in [-0.05, 0) is 18.1 Å². The summed E-state index contributed by atoms with van der Waals surface area (Å²) in [7, 11) is 0. The molecule has 0 aliphatic carbocycles. The summed E-state index contributed by atoms with van der Waals surface area (Å²) < 4.78 is 0. The van der Waals surface area contributed by atoms with Crippen LogP contribution < -0.4 is 5.73 Å². The van der Waals surface area contributed by atoms with Crippen molar-refractivity contribution in [2.45, 2.75) is 25.7 Å². The van der Waals surface area contributed by atoms with Crippen LogP contribution in [0.25, 0.3) is 0 Å². The third-order valence-corrected chi connectivity index (χ3v) is 2.79. The van der Waals surface area contributed by atoms with Crippen LogP contribution in [0.1, 0.15) is 24.5 Å². The van der Waals surface area contributed by atoms with Gasteiger partial charge in [0.15, 0.2) is 0 Å². The first-order valence-electron chi connectivity index (χ1n) is 4.97. The minimum Gasteiger partial charge on any atom is -0.481 e. The van der Waals surface area contributed by atoms with E-state index in [0.29, 0.717) is 6.54 Å². The molecule has 0 heterocycles. The smallest absolute Gasteiger partial charge is 0.304 e. The summed E-state index contributed by atoms with van der Waals surface area (Å²) in [6.45, 7) is 4.21. The second-order valence-corrected chi connectivity index (χ2v) is 4.15. The minimum absolute atomic E-state index is 0.0638. The summed E-state index contributed by atoms with van der Waals surface area (Å²) >= 11 is 0. The lowest BCUT2D eigenvalue weighted by Crippen LogP contribution is -2.35. The van der Waals surface area contributed by atoms with Crippen molar-refractivity contribution in [3.05, 3.63) is 35.4 Å². The Bertz CT molecular complexity index is 362. The second kappa shape index (κ2) is 4.45. The van der Waals surface area contributed by atoms with Gasteiger partial charge in [-0.25, -0.2) is 0 Å². The first kappa shape index (κ1) is 11.7. The fourth-order valence-electron chi connectivity index (χ4n) is 1.86. The predicted octanol–water partition coefficient (Wildman–Crippen LogP) is 1.69. The van der Waals surface area contributed by atoms with E-state index in [1.54, 1.807) is 0 Å². The molecule has 0 saturated heterocycles. The predicted molar refractivity (Wildman–Crippen MR) is 59.8 cm³/mol. The van der Waals surface area contributed by atoms with Gasteiger partial charge in [-0.15, -0.1) is 0 Å². The molecular weight excluding hydrogens is 190 g/mol. The van der Waals surface area contributed by atoms with E-state index in [1.165, 1.54) is 0 Å². The quantitative estimate of drug-likeness (QED) is 0.789. The molecule has 1 atom stereocenters. The van der Waals surface area contributed by atoms with E-state index in [1.807, 2.05) is 38.1 Å². The monoisotopic (exact) mass is 207 g/mol. The van der Waals surface area contributed by atoms with Crippen LogP contribution in [0.15, 0.2) is 24.3 Å². The Labute approximate surface area is 89.9 Å². The number of carboxylic acids is 1. The van der Waals surface area contributed by atoms with Gasteiger partial charge in [0, 0.05) is 12.0 Å². The third kappa shape index (κ3) is 2.57. The molecule has 0 bridgehead atoms. The molecule has 3 heteroatoms. The van der Waals surface area contributed by atoms with Gasteiger partial charge in [-0.2, -0.15) is 0 Å². The zero-order chi connectivity index (χ0) is 11.5. The summed E-state index contributed by atoms with van der Waals surface area (Å²) in [6, 6.07) is 7.78. The number of rotatable bonds is 4. The molecule has 0 aliphatic rings. The average molecular weight is 207 g/mol. The highest BCUT2D eigenvalue weighted by Gasteiger charge is 2.29. The van der Waals surface area contributed by atoms with Gasteiger partial charge < -0.3 is 10.8 Å². The number of carboxylic acid groups (broad SMARTS) is 1. The van der Waals surface area contributed by atoms with Crippen molar-refractivity contribution in [3.8, 4) is 0 Å². The molecule has 3 N–H and O–H groups in total. The van der Waals surface area contributed by atoms with Crippen molar-refractivity contribution in [1.29, 1.82) is 0 Å². The van der Waals surface area contributed by atoms with Gasteiger partial charge in [-0.1, -0.05) is 31.2 Å². The van der Waals surface area contributed by atoms with E-state index in [9.17, 15) is 4.79 Å². The van der Waals surface area contributed by atoms with Crippen molar-refractivity contribution >= 4 is 5.97 Å². The van der Waals surface area contributed by atoms with Crippen LogP contribution >= 0.6 is 0 Å². The molecule has 1 rings (SSSR count). The number of hydrogen-bond donors (Lipinski definition) is 2. The SMILES string of the molecule is Cc1ccccc1C(C)(CN)CC(=O)O. The molecule has 3 nitrogen and oxygen atoms in total. The topological polar surface area (TPSA) is 63.3 Å². The molecule has 0 radical (unpaired) electrons. The second-order valence-electron chi connectivity index (χ2n) is 4.15. The molecular formula is C12H17NO2. The van der Waals surface area contributed by atoms with Gasteiger partial charge in [0.05, 0.1) is 6.42 Å². The van der Waals surface area contributed by atoms with E-state index in [0.717, 1.165) is 11.1 Å². The molecule has 0 aromatic heterocycles. The Morgan fingerprint density at radius 3 is 2.53 bits per heavy atom. The summed E-state index contributed by atoms with van der Waals surface area (Å²) in [5.74, 6) is -0.814. The van der Waals surface area contributed by atoms with E-state index in [-0.39, 0.29) is 6.42 Å². The maximum absolute atomic E-state index is 10.8. The molecule has 1 aromatic rings. The highest BCUT2D eigenvalue weighted by Crippen LogP contribution is 2.28. The molecule has 0 amide bonds. The molecule has 0 fully saturated rings. The van der Waals surface area contributed by atoms with Gasteiger partial charge in [0.25, 0.3) is 0 Å². The maximum atomic E-state index is 10.8. The normalized spacial score (nSPS) is 14.6. The first-order chi connectivity index (χ1) is 6.99. The van der Waals surface area contributed by atoms with E-state index >= 15 is 0 Å². The fraction of sp³-hybridized carbons (Fsp3) is 0.417. The van der Waals surface area contributed by atoms with Crippen molar-refractivity contribution in [3.63, 3.8) is 0 Å². The standard InChI is InChI=1S/C12H17NO2/c1-9-5-3-4-6-10(9)12(2,8-13)7-11(14)15/h3-6H,7-8,13H2,1-2H3,(H,14,15). The highest BCUT2D eigenvalue weighted by molar-refractivity contribution is 5.69. The molecule has 0 saturated carbocycles. The van der Waals surface area contributed by atoms with Crippen molar-refractivity contribution < 1.29 is 9.90 Å². The Hall–Kier alpha value is -1.35. The van der Waals surface area contributed by atoms with Crippen LogP contribution in [0.4, 0.5) is 0 Å². The summed E-state index contributed by atoms with van der Waals surface area (Å²) in [4.78, 5) is 10.8. The Morgan fingerprint density at radius 2 is 2.07 bits per heavy atom. The maximum Gasteiger partial charge on any atom is 0.304 e. The molecule has 1 unspecified atom stereocenters. The third-order valence-electron chi connectivity index (χ3n) is 2.79. The van der Waals surface area contributed by atoms with Gasteiger partial charge >= 0.3 is 5.97 Å². The van der Waals surface area contributed by atoms with Gasteiger partial charge in [0.2, 0.25) is 0 Å². The van der Waals surface area contributed by atoms with E-state index in [4.69, 9.17) is 10.8 Å².